The van der Waals surface area contributed by atoms with Gasteiger partial charge >= 0.3 is 5.97 Å². The minimum absolute atomic E-state index is 0.154. The number of para-hydroxylation sites is 1. The lowest BCUT2D eigenvalue weighted by Gasteiger charge is -2.03. The third-order valence-electron chi connectivity index (χ3n) is 2.65. The lowest BCUT2D eigenvalue weighted by atomic mass is 10.1. The second-order valence-electron chi connectivity index (χ2n) is 3.87. The van der Waals surface area contributed by atoms with E-state index in [2.05, 4.69) is 10.3 Å². The van der Waals surface area contributed by atoms with Crippen molar-refractivity contribution in [2.45, 2.75) is 6.42 Å². The van der Waals surface area contributed by atoms with E-state index in [9.17, 15) is 9.59 Å². The normalized spacial score (nSPS) is 10.3. The molecule has 5 nitrogen and oxygen atoms in total. The van der Waals surface area contributed by atoms with Crippen LogP contribution in [0.15, 0.2) is 30.5 Å². The molecule has 0 saturated heterocycles. The number of rotatable bonds is 4. The fraction of sp³-hybridized carbons (Fsp3) is 0.231. The highest BCUT2D eigenvalue weighted by molar-refractivity contribution is 5.88. The molecule has 0 fully saturated rings. The van der Waals surface area contributed by atoms with Crippen LogP contribution in [0.4, 0.5) is 0 Å². The van der Waals surface area contributed by atoms with Gasteiger partial charge in [-0.05, 0) is 11.6 Å². The molecule has 94 valence electrons. The molecule has 1 aromatic carbocycles. The van der Waals surface area contributed by atoms with Crippen LogP contribution in [-0.2, 0) is 20.7 Å². The topological polar surface area (TPSA) is 71.2 Å². The molecule has 0 spiro atoms. The van der Waals surface area contributed by atoms with Gasteiger partial charge in [-0.3, -0.25) is 9.59 Å². The van der Waals surface area contributed by atoms with Crippen LogP contribution in [0.25, 0.3) is 10.9 Å². The van der Waals surface area contributed by atoms with Crippen molar-refractivity contribution in [3.63, 3.8) is 0 Å². The summed E-state index contributed by atoms with van der Waals surface area (Å²) in [6, 6.07) is 7.71. The lowest BCUT2D eigenvalue weighted by molar-refractivity contribution is -0.147. The highest BCUT2D eigenvalue weighted by atomic mass is 16.5. The Morgan fingerprint density at radius 3 is 2.89 bits per heavy atom. The van der Waals surface area contributed by atoms with Crippen molar-refractivity contribution in [2.75, 3.05) is 13.7 Å². The standard InChI is InChI=1S/C13H14N2O3/c1-14-12(16)8-18-13(17)6-9-7-15-11-5-3-2-4-10(9)11/h2-5,7,15H,6,8H2,1H3,(H,14,16). The summed E-state index contributed by atoms with van der Waals surface area (Å²) in [7, 11) is 1.50. The molecule has 2 N–H and O–H groups in total. The Balaban J connectivity index is 2.01. The molecule has 1 heterocycles. The van der Waals surface area contributed by atoms with E-state index in [4.69, 9.17) is 4.74 Å². The van der Waals surface area contributed by atoms with Gasteiger partial charge in [0.15, 0.2) is 6.61 Å². The summed E-state index contributed by atoms with van der Waals surface area (Å²) >= 11 is 0. The molecule has 2 aromatic rings. The quantitative estimate of drug-likeness (QED) is 0.790. The molecule has 1 amide bonds. The fourth-order valence-corrected chi connectivity index (χ4v) is 1.70. The lowest BCUT2D eigenvalue weighted by Crippen LogP contribution is -2.25. The van der Waals surface area contributed by atoms with Crippen LogP contribution >= 0.6 is 0 Å². The number of carbonyl (C=O) groups excluding carboxylic acids is 2. The second-order valence-corrected chi connectivity index (χ2v) is 3.87. The predicted octanol–water partition coefficient (Wildman–Crippen LogP) is 1.000. The molecule has 2 rings (SSSR count). The molecule has 0 saturated carbocycles. The van der Waals surface area contributed by atoms with Gasteiger partial charge in [0, 0.05) is 24.1 Å². The van der Waals surface area contributed by atoms with E-state index >= 15 is 0 Å². The smallest absolute Gasteiger partial charge is 0.310 e. The number of H-pyrrole nitrogens is 1. The Bertz CT molecular complexity index is 574. The van der Waals surface area contributed by atoms with E-state index in [0.29, 0.717) is 0 Å². The van der Waals surface area contributed by atoms with Crippen LogP contribution in [0.5, 0.6) is 0 Å². The zero-order chi connectivity index (χ0) is 13.0. The largest absolute Gasteiger partial charge is 0.455 e. The average molecular weight is 246 g/mol. The second kappa shape index (κ2) is 5.35. The third kappa shape index (κ3) is 2.68. The first kappa shape index (κ1) is 12.2. The molecule has 0 unspecified atom stereocenters. The number of aromatic nitrogens is 1. The number of amides is 1. The fourth-order valence-electron chi connectivity index (χ4n) is 1.70. The van der Waals surface area contributed by atoms with Crippen LogP contribution in [0.1, 0.15) is 5.56 Å². The van der Waals surface area contributed by atoms with Gasteiger partial charge in [-0.15, -0.1) is 0 Å². The number of fused-ring (bicyclic) bond motifs is 1. The summed E-state index contributed by atoms with van der Waals surface area (Å²) in [5, 5.41) is 3.38. The van der Waals surface area contributed by atoms with Crippen molar-refractivity contribution in [3.8, 4) is 0 Å². The van der Waals surface area contributed by atoms with Crippen LogP contribution in [-0.4, -0.2) is 30.5 Å². The van der Waals surface area contributed by atoms with Gasteiger partial charge < -0.3 is 15.0 Å². The molecular weight excluding hydrogens is 232 g/mol. The first-order valence-electron chi connectivity index (χ1n) is 5.62. The SMILES string of the molecule is CNC(=O)COC(=O)Cc1c[nH]c2ccccc12. The molecular formula is C13H14N2O3. The summed E-state index contributed by atoms with van der Waals surface area (Å²) < 4.78 is 4.85. The van der Waals surface area contributed by atoms with Gasteiger partial charge in [0.25, 0.3) is 5.91 Å². The zero-order valence-electron chi connectivity index (χ0n) is 10.0. The third-order valence-corrected chi connectivity index (χ3v) is 2.65. The number of hydrogen-bond donors (Lipinski definition) is 2. The molecule has 0 aliphatic rings. The van der Waals surface area contributed by atoms with Crippen molar-refractivity contribution in [1.29, 1.82) is 0 Å². The monoisotopic (exact) mass is 246 g/mol. The Kier molecular flexibility index (Phi) is 3.62. The zero-order valence-corrected chi connectivity index (χ0v) is 10.0. The number of nitrogens with one attached hydrogen (secondary N) is 2. The number of ether oxygens (including phenoxy) is 1. The van der Waals surface area contributed by atoms with Crippen LogP contribution < -0.4 is 5.32 Å². The van der Waals surface area contributed by atoms with E-state index in [1.54, 1.807) is 6.20 Å². The van der Waals surface area contributed by atoms with Crippen LogP contribution in [0.3, 0.4) is 0 Å². The molecule has 0 bridgehead atoms. The maximum absolute atomic E-state index is 11.6. The van der Waals surface area contributed by atoms with E-state index in [1.165, 1.54) is 7.05 Å². The molecule has 0 radical (unpaired) electrons. The van der Waals surface area contributed by atoms with Crippen molar-refractivity contribution in [3.05, 3.63) is 36.0 Å². The van der Waals surface area contributed by atoms with E-state index in [1.807, 2.05) is 24.3 Å². The van der Waals surface area contributed by atoms with Crippen LogP contribution in [0, 0.1) is 0 Å². The molecule has 1 aromatic heterocycles. The highest BCUT2D eigenvalue weighted by Gasteiger charge is 2.10. The van der Waals surface area contributed by atoms with E-state index in [-0.39, 0.29) is 18.9 Å². The first-order chi connectivity index (χ1) is 8.70. The Hall–Kier alpha value is -2.30. The first-order valence-corrected chi connectivity index (χ1v) is 5.62. The van der Waals surface area contributed by atoms with Gasteiger partial charge in [0.1, 0.15) is 0 Å². The average Bonchev–Trinajstić information content (AvgIpc) is 2.79. The summed E-state index contributed by atoms with van der Waals surface area (Å²) in [5.41, 5.74) is 1.85. The van der Waals surface area contributed by atoms with Gasteiger partial charge in [0.05, 0.1) is 6.42 Å². The Labute approximate surface area is 104 Å². The maximum atomic E-state index is 11.6. The Morgan fingerprint density at radius 1 is 1.33 bits per heavy atom. The van der Waals surface area contributed by atoms with E-state index in [0.717, 1.165) is 16.5 Å². The molecule has 0 aliphatic heterocycles. The van der Waals surface area contributed by atoms with Crippen molar-refractivity contribution in [2.24, 2.45) is 0 Å². The predicted molar refractivity (Wildman–Crippen MR) is 67.0 cm³/mol. The summed E-state index contributed by atoms with van der Waals surface area (Å²) in [5.74, 6) is -0.731. The summed E-state index contributed by atoms with van der Waals surface area (Å²) in [4.78, 5) is 25.6. The number of likely N-dealkylation sites (N-methyl/N-ethyl adjacent to an activating group) is 1. The maximum Gasteiger partial charge on any atom is 0.310 e. The van der Waals surface area contributed by atoms with Gasteiger partial charge in [-0.1, -0.05) is 18.2 Å². The van der Waals surface area contributed by atoms with Gasteiger partial charge in [-0.25, -0.2) is 0 Å². The number of aromatic amines is 1. The number of benzene rings is 1. The van der Waals surface area contributed by atoms with E-state index < -0.39 is 5.97 Å². The van der Waals surface area contributed by atoms with Crippen LogP contribution in [0.2, 0.25) is 0 Å². The summed E-state index contributed by atoms with van der Waals surface area (Å²) in [6.07, 6.45) is 1.94. The van der Waals surface area contributed by atoms with Crippen molar-refractivity contribution in [1.82, 2.24) is 10.3 Å². The molecule has 0 atom stereocenters. The van der Waals surface area contributed by atoms with Gasteiger partial charge in [0.2, 0.25) is 0 Å². The number of carbonyl (C=O) groups is 2. The summed E-state index contributed by atoms with van der Waals surface area (Å²) in [6.45, 7) is -0.238. The minimum atomic E-state index is -0.414. The molecule has 5 heteroatoms. The van der Waals surface area contributed by atoms with Gasteiger partial charge in [-0.2, -0.15) is 0 Å². The highest BCUT2D eigenvalue weighted by Crippen LogP contribution is 2.18. The molecule has 0 aliphatic carbocycles. The van der Waals surface area contributed by atoms with Crippen molar-refractivity contribution >= 4 is 22.8 Å². The Morgan fingerprint density at radius 2 is 2.11 bits per heavy atom. The van der Waals surface area contributed by atoms with Crippen molar-refractivity contribution < 1.29 is 14.3 Å². The number of hydrogen-bond acceptors (Lipinski definition) is 3. The molecule has 18 heavy (non-hydrogen) atoms. The minimum Gasteiger partial charge on any atom is -0.455 e. The number of esters is 1.